The molecule has 4 heteroatoms. The van der Waals surface area contributed by atoms with Gasteiger partial charge in [0.1, 0.15) is 0 Å². The van der Waals surface area contributed by atoms with Gasteiger partial charge in [-0.05, 0) is 44.0 Å². The first-order valence-electron chi connectivity index (χ1n) is 6.11. The lowest BCUT2D eigenvalue weighted by molar-refractivity contribution is -0.137. The van der Waals surface area contributed by atoms with Crippen LogP contribution in [0.3, 0.4) is 0 Å². The Hall–Kier alpha value is -1.29. The van der Waals surface area contributed by atoms with Crippen molar-refractivity contribution in [3.8, 4) is 0 Å². The average molecular weight is 310 g/mol. The van der Waals surface area contributed by atoms with E-state index in [0.717, 1.165) is 35.2 Å². The molecule has 0 atom stereocenters. The van der Waals surface area contributed by atoms with Crippen molar-refractivity contribution in [1.82, 2.24) is 0 Å². The van der Waals surface area contributed by atoms with Gasteiger partial charge in [0.15, 0.2) is 0 Å². The summed E-state index contributed by atoms with van der Waals surface area (Å²) in [5, 5.41) is 0. The molecule has 1 saturated heterocycles. The highest BCUT2D eigenvalue weighted by molar-refractivity contribution is 9.10. The summed E-state index contributed by atoms with van der Waals surface area (Å²) < 4.78 is 6.01. The fourth-order valence-electron chi connectivity index (χ4n) is 2.08. The van der Waals surface area contributed by atoms with Gasteiger partial charge in [-0.3, -0.25) is 0 Å². The van der Waals surface area contributed by atoms with Crippen LogP contribution in [0.1, 0.15) is 19.8 Å². The van der Waals surface area contributed by atoms with E-state index in [9.17, 15) is 4.79 Å². The van der Waals surface area contributed by atoms with E-state index in [1.807, 2.05) is 31.2 Å². The van der Waals surface area contributed by atoms with Crippen molar-refractivity contribution in [1.29, 1.82) is 0 Å². The third-order valence-electron chi connectivity index (χ3n) is 2.87. The van der Waals surface area contributed by atoms with E-state index in [-0.39, 0.29) is 5.97 Å². The molecule has 18 heavy (non-hydrogen) atoms. The molecule has 0 N–H and O–H groups in total. The van der Waals surface area contributed by atoms with Crippen LogP contribution < -0.4 is 4.90 Å². The topological polar surface area (TPSA) is 29.5 Å². The number of nitrogens with zero attached hydrogens (tertiary/aromatic N) is 1. The summed E-state index contributed by atoms with van der Waals surface area (Å²) in [6.45, 7) is 3.19. The number of halogens is 1. The van der Waals surface area contributed by atoms with Crippen LogP contribution in [0.4, 0.5) is 5.69 Å². The first-order valence-corrected chi connectivity index (χ1v) is 6.90. The molecule has 0 amide bonds. The molecule has 1 aliphatic rings. The molecule has 0 aromatic heterocycles. The highest BCUT2D eigenvalue weighted by atomic mass is 79.9. The van der Waals surface area contributed by atoms with E-state index in [0.29, 0.717) is 6.61 Å². The van der Waals surface area contributed by atoms with Gasteiger partial charge < -0.3 is 9.64 Å². The number of hydrogen-bond donors (Lipinski definition) is 0. The monoisotopic (exact) mass is 309 g/mol. The SMILES string of the molecule is CCOC(=O)/C=C1\CCCN1c1ccc(Br)cc1. The van der Waals surface area contributed by atoms with Crippen LogP contribution in [0.25, 0.3) is 0 Å². The molecule has 0 saturated carbocycles. The van der Waals surface area contributed by atoms with E-state index >= 15 is 0 Å². The molecule has 1 fully saturated rings. The molecule has 3 nitrogen and oxygen atoms in total. The molecule has 0 bridgehead atoms. The number of carbonyl (C=O) groups is 1. The maximum absolute atomic E-state index is 11.5. The van der Waals surface area contributed by atoms with Crippen molar-refractivity contribution in [2.45, 2.75) is 19.8 Å². The number of esters is 1. The normalized spacial score (nSPS) is 17.2. The summed E-state index contributed by atoms with van der Waals surface area (Å²) in [5.41, 5.74) is 2.15. The van der Waals surface area contributed by atoms with Crippen LogP contribution in [0.5, 0.6) is 0 Å². The molecule has 0 spiro atoms. The Labute approximate surface area is 116 Å². The van der Waals surface area contributed by atoms with Crippen LogP contribution in [0.2, 0.25) is 0 Å². The van der Waals surface area contributed by atoms with Gasteiger partial charge in [0.25, 0.3) is 0 Å². The van der Waals surface area contributed by atoms with Crippen molar-refractivity contribution >= 4 is 27.6 Å². The highest BCUT2D eigenvalue weighted by Gasteiger charge is 2.19. The number of anilines is 1. The van der Waals surface area contributed by atoms with Crippen LogP contribution in [0, 0.1) is 0 Å². The van der Waals surface area contributed by atoms with Gasteiger partial charge in [-0.15, -0.1) is 0 Å². The van der Waals surface area contributed by atoms with Crippen LogP contribution >= 0.6 is 15.9 Å². The van der Waals surface area contributed by atoms with Gasteiger partial charge in [0.05, 0.1) is 6.61 Å². The lowest BCUT2D eigenvalue weighted by Crippen LogP contribution is -2.17. The Kier molecular flexibility index (Phi) is 4.42. The molecule has 0 radical (unpaired) electrons. The third-order valence-corrected chi connectivity index (χ3v) is 3.40. The number of ether oxygens (including phenoxy) is 1. The maximum atomic E-state index is 11.5. The van der Waals surface area contributed by atoms with Gasteiger partial charge in [0, 0.05) is 28.5 Å². The summed E-state index contributed by atoms with van der Waals surface area (Å²) in [5.74, 6) is -0.253. The zero-order valence-electron chi connectivity index (χ0n) is 10.4. The zero-order valence-corrected chi connectivity index (χ0v) is 11.9. The molecule has 0 unspecified atom stereocenters. The predicted octanol–water partition coefficient (Wildman–Crippen LogP) is 3.50. The molecular weight excluding hydrogens is 294 g/mol. The molecule has 1 aliphatic heterocycles. The Bertz CT molecular complexity index is 453. The van der Waals surface area contributed by atoms with E-state index in [4.69, 9.17) is 4.74 Å². The largest absolute Gasteiger partial charge is 0.463 e. The van der Waals surface area contributed by atoms with Gasteiger partial charge in [-0.1, -0.05) is 15.9 Å². The van der Waals surface area contributed by atoms with Crippen molar-refractivity contribution in [3.63, 3.8) is 0 Å². The molecule has 1 aromatic rings. The van der Waals surface area contributed by atoms with Gasteiger partial charge >= 0.3 is 5.97 Å². The van der Waals surface area contributed by atoms with Gasteiger partial charge in [-0.25, -0.2) is 4.79 Å². The summed E-state index contributed by atoms with van der Waals surface area (Å²) in [4.78, 5) is 13.7. The molecule has 0 aliphatic carbocycles. The minimum absolute atomic E-state index is 0.253. The molecule has 2 rings (SSSR count). The average Bonchev–Trinajstić information content (AvgIpc) is 2.78. The first kappa shape index (κ1) is 13.1. The Balaban J connectivity index is 2.17. The van der Waals surface area contributed by atoms with Gasteiger partial charge in [-0.2, -0.15) is 0 Å². The summed E-state index contributed by atoms with van der Waals surface area (Å²) >= 11 is 3.42. The number of allylic oxidation sites excluding steroid dienone is 1. The second kappa shape index (κ2) is 6.05. The van der Waals surface area contributed by atoms with Crippen molar-refractivity contribution in [2.75, 3.05) is 18.1 Å². The minimum Gasteiger partial charge on any atom is -0.463 e. The lowest BCUT2D eigenvalue weighted by atomic mass is 10.2. The Morgan fingerprint density at radius 3 is 2.83 bits per heavy atom. The standard InChI is InChI=1S/C14H16BrNO2/c1-2-18-14(17)10-13-4-3-9-16(13)12-7-5-11(15)6-8-12/h5-8,10H,2-4,9H2,1H3/b13-10+. The van der Waals surface area contributed by atoms with E-state index in [1.54, 1.807) is 6.08 Å². The molecular formula is C14H16BrNO2. The summed E-state index contributed by atoms with van der Waals surface area (Å²) in [6, 6.07) is 8.12. The molecule has 1 heterocycles. The maximum Gasteiger partial charge on any atom is 0.332 e. The Morgan fingerprint density at radius 2 is 2.17 bits per heavy atom. The number of benzene rings is 1. The number of hydrogen-bond acceptors (Lipinski definition) is 3. The molecule has 1 aromatic carbocycles. The number of rotatable bonds is 3. The minimum atomic E-state index is -0.253. The van der Waals surface area contributed by atoms with Crippen molar-refractivity contribution < 1.29 is 9.53 Å². The van der Waals surface area contributed by atoms with Crippen LogP contribution in [-0.2, 0) is 9.53 Å². The first-order chi connectivity index (χ1) is 8.70. The second-order valence-electron chi connectivity index (χ2n) is 4.12. The quantitative estimate of drug-likeness (QED) is 0.632. The van der Waals surface area contributed by atoms with Gasteiger partial charge in [0.2, 0.25) is 0 Å². The molecule has 96 valence electrons. The van der Waals surface area contributed by atoms with Crippen molar-refractivity contribution in [3.05, 3.63) is 40.5 Å². The smallest absolute Gasteiger partial charge is 0.332 e. The van der Waals surface area contributed by atoms with E-state index < -0.39 is 0 Å². The number of carbonyl (C=O) groups excluding carboxylic acids is 1. The van der Waals surface area contributed by atoms with Crippen LogP contribution in [-0.4, -0.2) is 19.1 Å². The zero-order chi connectivity index (χ0) is 13.0. The van der Waals surface area contributed by atoms with Crippen molar-refractivity contribution in [2.24, 2.45) is 0 Å². The third kappa shape index (κ3) is 3.13. The Morgan fingerprint density at radius 1 is 1.44 bits per heavy atom. The fraction of sp³-hybridized carbons (Fsp3) is 0.357. The van der Waals surface area contributed by atoms with Crippen LogP contribution in [0.15, 0.2) is 40.5 Å². The highest BCUT2D eigenvalue weighted by Crippen LogP contribution is 2.29. The predicted molar refractivity (Wildman–Crippen MR) is 75.4 cm³/mol. The second-order valence-corrected chi connectivity index (χ2v) is 5.04. The summed E-state index contributed by atoms with van der Waals surface area (Å²) in [6.07, 6.45) is 3.61. The van der Waals surface area contributed by atoms with E-state index in [2.05, 4.69) is 20.8 Å². The van der Waals surface area contributed by atoms with E-state index in [1.165, 1.54) is 0 Å². The summed E-state index contributed by atoms with van der Waals surface area (Å²) in [7, 11) is 0. The lowest BCUT2D eigenvalue weighted by Gasteiger charge is -2.20. The fourth-order valence-corrected chi connectivity index (χ4v) is 2.35.